The number of rotatable bonds is 4. The second kappa shape index (κ2) is 6.10. The molecule has 1 unspecified atom stereocenters. The monoisotopic (exact) mass is 333 g/mol. The van der Waals surface area contributed by atoms with Crippen LogP contribution >= 0.6 is 0 Å². The van der Waals surface area contributed by atoms with E-state index in [-0.39, 0.29) is 9.40 Å². The van der Waals surface area contributed by atoms with Gasteiger partial charge in [0.15, 0.2) is 0 Å². The van der Waals surface area contributed by atoms with Crippen LogP contribution in [0.2, 0.25) is 3.43 Å². The minimum atomic E-state index is -0.104. The van der Waals surface area contributed by atoms with E-state index in [1.807, 2.05) is 6.92 Å². The molecule has 0 amide bonds. The number of carbonyl (C=O) groups is 1. The molecule has 0 aliphatic heterocycles. The zero-order valence-corrected chi connectivity index (χ0v) is 11.9. The quantitative estimate of drug-likeness (QED) is 0.557. The van der Waals surface area contributed by atoms with Crippen molar-refractivity contribution in [2.75, 3.05) is 20.3 Å². The van der Waals surface area contributed by atoms with Gasteiger partial charge in [0, 0.05) is 0 Å². The predicted octanol–water partition coefficient (Wildman–Crippen LogP) is 0.531. The van der Waals surface area contributed by atoms with Crippen molar-refractivity contribution in [3.05, 3.63) is 0 Å². The second-order valence-corrected chi connectivity index (χ2v) is 5.74. The van der Waals surface area contributed by atoms with Crippen molar-refractivity contribution in [1.29, 1.82) is 0 Å². The summed E-state index contributed by atoms with van der Waals surface area (Å²) in [7, 11) is 1.60. The van der Waals surface area contributed by atoms with Crippen LogP contribution in [0.3, 0.4) is 0 Å². The molecular formula is C6H11HgO3. The number of methoxy groups -OCH3 is 1. The van der Waals surface area contributed by atoms with Crippen LogP contribution < -0.4 is 0 Å². The van der Waals surface area contributed by atoms with Gasteiger partial charge in [-0.3, -0.25) is 0 Å². The fourth-order valence-corrected chi connectivity index (χ4v) is 1.90. The predicted molar refractivity (Wildman–Crippen MR) is 32.3 cm³/mol. The maximum atomic E-state index is 10.9. The van der Waals surface area contributed by atoms with Crippen LogP contribution in [0.1, 0.15) is 6.92 Å². The van der Waals surface area contributed by atoms with Crippen LogP contribution in [0.15, 0.2) is 0 Å². The van der Waals surface area contributed by atoms with Crippen molar-refractivity contribution in [2.45, 2.75) is 10.4 Å². The van der Waals surface area contributed by atoms with Crippen LogP contribution in [0.4, 0.5) is 0 Å². The van der Waals surface area contributed by atoms with E-state index in [4.69, 9.17) is 9.47 Å². The van der Waals surface area contributed by atoms with Gasteiger partial charge in [-0.2, -0.15) is 0 Å². The Bertz CT molecular complexity index is 105. The van der Waals surface area contributed by atoms with Crippen molar-refractivity contribution in [2.24, 2.45) is 0 Å². The summed E-state index contributed by atoms with van der Waals surface area (Å²) in [5.74, 6) is -0.104. The van der Waals surface area contributed by atoms with Gasteiger partial charge in [0.25, 0.3) is 0 Å². The first-order chi connectivity index (χ1) is 4.72. The SMILES string of the molecule is CCOC(=O)[CH]([Hg])COC. The average Bonchev–Trinajstić information content (AvgIpc) is 1.89. The summed E-state index contributed by atoms with van der Waals surface area (Å²) in [5.41, 5.74) is 0. The van der Waals surface area contributed by atoms with Crippen molar-refractivity contribution < 1.29 is 40.4 Å². The minimum absolute atomic E-state index is 0.0462. The Morgan fingerprint density at radius 3 is 2.70 bits per heavy atom. The third-order valence-corrected chi connectivity index (χ3v) is 3.20. The second-order valence-electron chi connectivity index (χ2n) is 1.90. The Balaban J connectivity index is 3.49. The Hall–Kier alpha value is 0.365. The molecular weight excluding hydrogens is 321 g/mol. The first-order valence-electron chi connectivity index (χ1n) is 3.21. The van der Waals surface area contributed by atoms with E-state index in [1.165, 1.54) is 0 Å². The van der Waals surface area contributed by atoms with Crippen LogP contribution in [-0.4, -0.2) is 26.3 Å². The fourth-order valence-electron chi connectivity index (χ4n) is 0.529. The summed E-state index contributed by atoms with van der Waals surface area (Å²) in [5, 5.41) is 0. The summed E-state index contributed by atoms with van der Waals surface area (Å²) in [4.78, 5) is 10.9. The van der Waals surface area contributed by atoms with Crippen molar-refractivity contribution in [1.82, 2.24) is 0 Å². The van der Waals surface area contributed by atoms with Gasteiger partial charge >= 0.3 is 77.0 Å². The number of hydrogen-bond donors (Lipinski definition) is 0. The van der Waals surface area contributed by atoms with Crippen LogP contribution in [0.25, 0.3) is 0 Å². The molecule has 0 saturated carbocycles. The Labute approximate surface area is 77.0 Å². The molecule has 4 heteroatoms. The average molecular weight is 332 g/mol. The van der Waals surface area contributed by atoms with Gasteiger partial charge in [-0.15, -0.1) is 0 Å². The van der Waals surface area contributed by atoms with E-state index in [0.29, 0.717) is 39.3 Å². The summed E-state index contributed by atoms with van der Waals surface area (Å²) in [6, 6.07) is 0. The van der Waals surface area contributed by atoms with Gasteiger partial charge in [0.2, 0.25) is 0 Å². The van der Waals surface area contributed by atoms with E-state index in [0.717, 1.165) is 0 Å². The molecule has 0 heterocycles. The number of ether oxygens (including phenoxy) is 2. The molecule has 0 aliphatic rings. The molecule has 0 aliphatic carbocycles. The molecule has 0 rings (SSSR count). The standard InChI is InChI=1S/C6H11O3.Hg/c1-3-9-6(7)4-5-8-2;/h4H,3,5H2,1-2H3;. The Kier molecular flexibility index (Phi) is 6.32. The zero-order valence-electron chi connectivity index (χ0n) is 6.42. The van der Waals surface area contributed by atoms with E-state index >= 15 is 0 Å². The molecule has 0 aromatic rings. The normalized spacial score (nSPS) is 12.8. The van der Waals surface area contributed by atoms with Gasteiger partial charge in [-0.05, 0) is 0 Å². The van der Waals surface area contributed by atoms with E-state index < -0.39 is 0 Å². The van der Waals surface area contributed by atoms with Gasteiger partial charge < -0.3 is 0 Å². The summed E-state index contributed by atoms with van der Waals surface area (Å²) >= 11 is 0.405. The van der Waals surface area contributed by atoms with Gasteiger partial charge in [0.1, 0.15) is 0 Å². The third-order valence-electron chi connectivity index (χ3n) is 0.988. The summed E-state index contributed by atoms with van der Waals surface area (Å²) in [6.07, 6.45) is 0. The fraction of sp³-hybridized carbons (Fsp3) is 0.833. The zero-order chi connectivity index (χ0) is 7.98. The summed E-state index contributed by atoms with van der Waals surface area (Å²) < 4.78 is 9.65. The third kappa shape index (κ3) is 4.22. The first-order valence-corrected chi connectivity index (χ1v) is 6.38. The first kappa shape index (κ1) is 10.4. The molecule has 10 heavy (non-hydrogen) atoms. The Morgan fingerprint density at radius 1 is 1.70 bits per heavy atom. The summed E-state index contributed by atoms with van der Waals surface area (Å²) in [6.45, 7) is 2.80. The molecule has 0 fully saturated rings. The molecule has 0 radical (unpaired) electrons. The Morgan fingerprint density at radius 2 is 2.30 bits per heavy atom. The molecule has 0 saturated heterocycles. The molecule has 0 spiro atoms. The number of esters is 1. The van der Waals surface area contributed by atoms with Gasteiger partial charge in [-0.25, -0.2) is 0 Å². The van der Waals surface area contributed by atoms with Gasteiger partial charge in [0.05, 0.1) is 0 Å². The van der Waals surface area contributed by atoms with Gasteiger partial charge in [-0.1, -0.05) is 0 Å². The maximum absolute atomic E-state index is 10.9. The van der Waals surface area contributed by atoms with Crippen molar-refractivity contribution in [3.63, 3.8) is 0 Å². The molecule has 0 aromatic carbocycles. The molecule has 0 aromatic heterocycles. The van der Waals surface area contributed by atoms with Crippen LogP contribution in [0, 0.1) is 0 Å². The van der Waals surface area contributed by atoms with Crippen molar-refractivity contribution in [3.8, 4) is 0 Å². The topological polar surface area (TPSA) is 35.5 Å². The molecule has 0 N–H and O–H groups in total. The number of carbonyl (C=O) groups excluding carboxylic acids is 1. The van der Waals surface area contributed by atoms with Crippen LogP contribution in [-0.2, 0) is 40.4 Å². The molecule has 3 nitrogen and oxygen atoms in total. The number of hydrogen-bond acceptors (Lipinski definition) is 3. The van der Waals surface area contributed by atoms with Crippen LogP contribution in [0.5, 0.6) is 0 Å². The van der Waals surface area contributed by atoms with E-state index in [1.54, 1.807) is 7.11 Å². The molecule has 55 valence electrons. The van der Waals surface area contributed by atoms with E-state index in [9.17, 15) is 4.79 Å². The van der Waals surface area contributed by atoms with E-state index in [2.05, 4.69) is 0 Å². The molecule has 0 bridgehead atoms. The van der Waals surface area contributed by atoms with Crippen molar-refractivity contribution >= 4 is 5.97 Å². The molecule has 1 atom stereocenters.